The normalized spacial score (nSPS) is 16.9. The molecule has 2 aliphatic rings. The number of ketones is 1. The van der Waals surface area contributed by atoms with Crippen molar-refractivity contribution in [2.24, 2.45) is 0 Å². The molecule has 4 heterocycles. The molecular formula is C29H28N6O3. The third-order valence-electron chi connectivity index (χ3n) is 7.62. The Labute approximate surface area is 220 Å². The summed E-state index contributed by atoms with van der Waals surface area (Å²) < 4.78 is 0. The van der Waals surface area contributed by atoms with E-state index < -0.39 is 5.54 Å². The van der Waals surface area contributed by atoms with E-state index in [9.17, 15) is 14.4 Å². The fraction of sp³-hybridized carbons (Fsp3) is 0.276. The molecule has 38 heavy (non-hydrogen) atoms. The highest BCUT2D eigenvalue weighted by Crippen LogP contribution is 2.39. The maximum Gasteiger partial charge on any atom is 0.253 e. The predicted molar refractivity (Wildman–Crippen MR) is 142 cm³/mol. The third kappa shape index (κ3) is 4.30. The fourth-order valence-electron chi connectivity index (χ4n) is 5.63. The number of aromatic nitrogens is 3. The molecule has 0 unspecified atom stereocenters. The van der Waals surface area contributed by atoms with Crippen LogP contribution in [0.2, 0.25) is 0 Å². The Balaban J connectivity index is 1.21. The SMILES string of the molecule is O=C(Cc1ccccn1)CN1CN(c2ccccc2)C2(CCN(C(=O)c3ccc4[nH]ncc4c3)CC2)C1=O. The Bertz CT molecular complexity index is 1480. The summed E-state index contributed by atoms with van der Waals surface area (Å²) in [6.45, 7) is 1.27. The Morgan fingerprint density at radius 2 is 1.76 bits per heavy atom. The monoisotopic (exact) mass is 508 g/mol. The summed E-state index contributed by atoms with van der Waals surface area (Å²) in [4.78, 5) is 50.0. The van der Waals surface area contributed by atoms with Crippen molar-refractivity contribution < 1.29 is 14.4 Å². The molecular weight excluding hydrogens is 480 g/mol. The van der Waals surface area contributed by atoms with Crippen molar-refractivity contribution in [1.29, 1.82) is 0 Å². The van der Waals surface area contributed by atoms with E-state index in [1.165, 1.54) is 0 Å². The Kier molecular flexibility index (Phi) is 6.11. The number of H-pyrrole nitrogens is 1. The number of benzene rings is 2. The fourth-order valence-corrected chi connectivity index (χ4v) is 5.63. The Hall–Kier alpha value is -4.53. The van der Waals surface area contributed by atoms with Crippen molar-refractivity contribution in [3.05, 3.63) is 90.4 Å². The van der Waals surface area contributed by atoms with Gasteiger partial charge < -0.3 is 14.7 Å². The number of rotatable bonds is 6. The molecule has 4 aromatic rings. The molecule has 0 saturated carbocycles. The maximum atomic E-state index is 13.9. The molecule has 1 N–H and O–H groups in total. The van der Waals surface area contributed by atoms with E-state index in [0.717, 1.165) is 16.6 Å². The standard InChI is InChI=1S/C29H28N6O3/c36-25(17-23-6-4-5-13-30-23)19-34-20-35(24-7-2-1-3-8-24)29(28(34)38)11-14-33(15-12-29)27(37)21-9-10-26-22(16-21)18-31-32-26/h1-10,13,16,18H,11-12,14-15,17,19-20H2,(H,31,32). The van der Waals surface area contributed by atoms with Gasteiger partial charge in [0.25, 0.3) is 5.91 Å². The zero-order valence-electron chi connectivity index (χ0n) is 20.9. The maximum absolute atomic E-state index is 13.9. The van der Waals surface area contributed by atoms with Gasteiger partial charge in [0.15, 0.2) is 5.78 Å². The van der Waals surface area contributed by atoms with E-state index in [4.69, 9.17) is 0 Å². The Morgan fingerprint density at radius 3 is 2.53 bits per heavy atom. The van der Waals surface area contributed by atoms with Gasteiger partial charge in [-0.2, -0.15) is 5.10 Å². The van der Waals surface area contributed by atoms with Crippen LogP contribution in [0.1, 0.15) is 28.9 Å². The molecule has 2 fully saturated rings. The second kappa shape index (κ2) is 9.74. The van der Waals surface area contributed by atoms with Crippen LogP contribution in [0.25, 0.3) is 10.9 Å². The number of nitrogens with zero attached hydrogens (tertiary/aromatic N) is 5. The van der Waals surface area contributed by atoms with Crippen LogP contribution >= 0.6 is 0 Å². The quantitative estimate of drug-likeness (QED) is 0.430. The first-order valence-corrected chi connectivity index (χ1v) is 12.8. The van der Waals surface area contributed by atoms with Crippen LogP contribution in [0.3, 0.4) is 0 Å². The van der Waals surface area contributed by atoms with E-state index in [1.807, 2.05) is 65.6 Å². The minimum Gasteiger partial charge on any atom is -0.339 e. The average molecular weight is 509 g/mol. The summed E-state index contributed by atoms with van der Waals surface area (Å²) in [6, 6.07) is 20.8. The number of aromatic amines is 1. The zero-order valence-corrected chi connectivity index (χ0v) is 20.9. The lowest BCUT2D eigenvalue weighted by Gasteiger charge is -2.43. The molecule has 0 bridgehead atoms. The van der Waals surface area contributed by atoms with Crippen LogP contribution in [-0.4, -0.2) is 74.4 Å². The highest BCUT2D eigenvalue weighted by Gasteiger charge is 2.54. The first-order chi connectivity index (χ1) is 18.5. The van der Waals surface area contributed by atoms with Crippen molar-refractivity contribution in [3.8, 4) is 0 Å². The number of amides is 2. The van der Waals surface area contributed by atoms with Gasteiger partial charge in [-0.05, 0) is 55.3 Å². The molecule has 6 rings (SSSR count). The summed E-state index contributed by atoms with van der Waals surface area (Å²) in [5, 5.41) is 7.82. The number of anilines is 1. The van der Waals surface area contributed by atoms with Crippen LogP contribution in [0.15, 0.2) is 79.1 Å². The lowest BCUT2D eigenvalue weighted by molar-refractivity contribution is -0.136. The van der Waals surface area contributed by atoms with E-state index in [-0.39, 0.29) is 30.6 Å². The molecule has 2 aromatic heterocycles. The van der Waals surface area contributed by atoms with Gasteiger partial charge in [0.1, 0.15) is 5.54 Å². The van der Waals surface area contributed by atoms with Gasteiger partial charge in [0, 0.05) is 41.6 Å². The molecule has 9 nitrogen and oxygen atoms in total. The smallest absolute Gasteiger partial charge is 0.253 e. The number of carbonyl (C=O) groups is 3. The number of hydrogen-bond acceptors (Lipinski definition) is 6. The number of likely N-dealkylation sites (tertiary alicyclic amines) is 1. The van der Waals surface area contributed by atoms with Gasteiger partial charge in [0.05, 0.1) is 31.3 Å². The minimum absolute atomic E-state index is 0.0356. The van der Waals surface area contributed by atoms with Crippen LogP contribution < -0.4 is 4.90 Å². The second-order valence-electron chi connectivity index (χ2n) is 9.94. The van der Waals surface area contributed by atoms with Crippen molar-refractivity contribution in [2.45, 2.75) is 24.8 Å². The lowest BCUT2D eigenvalue weighted by atomic mass is 9.85. The third-order valence-corrected chi connectivity index (χ3v) is 7.62. The van der Waals surface area contributed by atoms with E-state index in [0.29, 0.717) is 43.9 Å². The largest absolute Gasteiger partial charge is 0.339 e. The van der Waals surface area contributed by atoms with E-state index in [2.05, 4.69) is 20.1 Å². The number of pyridine rings is 1. The predicted octanol–water partition coefficient (Wildman–Crippen LogP) is 3.05. The lowest BCUT2D eigenvalue weighted by Crippen LogP contribution is -2.57. The van der Waals surface area contributed by atoms with E-state index >= 15 is 0 Å². The van der Waals surface area contributed by atoms with Gasteiger partial charge in [-0.15, -0.1) is 0 Å². The topological polar surface area (TPSA) is 102 Å². The molecule has 192 valence electrons. The van der Waals surface area contributed by atoms with Gasteiger partial charge >= 0.3 is 0 Å². The van der Waals surface area contributed by atoms with Crippen molar-refractivity contribution in [3.63, 3.8) is 0 Å². The van der Waals surface area contributed by atoms with Gasteiger partial charge in [-0.25, -0.2) is 0 Å². The highest BCUT2D eigenvalue weighted by molar-refractivity contribution is 5.99. The van der Waals surface area contributed by atoms with Crippen LogP contribution in [-0.2, 0) is 16.0 Å². The summed E-state index contributed by atoms with van der Waals surface area (Å²) in [5.41, 5.74) is 2.32. The molecule has 2 aliphatic heterocycles. The summed E-state index contributed by atoms with van der Waals surface area (Å²) in [6.07, 6.45) is 4.54. The molecule has 0 aliphatic carbocycles. The van der Waals surface area contributed by atoms with Crippen molar-refractivity contribution in [1.82, 2.24) is 25.0 Å². The van der Waals surface area contributed by atoms with E-state index in [1.54, 1.807) is 23.4 Å². The first-order valence-electron chi connectivity index (χ1n) is 12.8. The zero-order chi connectivity index (χ0) is 26.1. The molecule has 9 heteroatoms. The Morgan fingerprint density at radius 1 is 0.974 bits per heavy atom. The van der Waals surface area contributed by atoms with Crippen LogP contribution in [0, 0.1) is 0 Å². The molecule has 1 spiro atoms. The molecule has 0 radical (unpaired) electrons. The summed E-state index contributed by atoms with van der Waals surface area (Å²) >= 11 is 0. The number of Topliss-reactive ketones (excluding diaryl/α,β-unsaturated/α-hetero) is 1. The van der Waals surface area contributed by atoms with Crippen molar-refractivity contribution >= 4 is 34.2 Å². The number of carbonyl (C=O) groups excluding carboxylic acids is 3. The number of hydrogen-bond donors (Lipinski definition) is 1. The number of fused-ring (bicyclic) bond motifs is 1. The van der Waals surface area contributed by atoms with Crippen LogP contribution in [0.4, 0.5) is 5.69 Å². The van der Waals surface area contributed by atoms with Gasteiger partial charge in [-0.1, -0.05) is 24.3 Å². The van der Waals surface area contributed by atoms with Crippen LogP contribution in [0.5, 0.6) is 0 Å². The molecule has 2 aromatic carbocycles. The summed E-state index contributed by atoms with van der Waals surface area (Å²) in [5.74, 6) is -0.158. The minimum atomic E-state index is -0.794. The van der Waals surface area contributed by atoms with Gasteiger partial charge in [-0.3, -0.25) is 24.5 Å². The summed E-state index contributed by atoms with van der Waals surface area (Å²) in [7, 11) is 0. The first kappa shape index (κ1) is 23.8. The molecule has 2 saturated heterocycles. The van der Waals surface area contributed by atoms with Crippen molar-refractivity contribution in [2.75, 3.05) is 31.2 Å². The highest BCUT2D eigenvalue weighted by atomic mass is 16.2. The number of para-hydroxylation sites is 1. The molecule has 0 atom stereocenters. The number of nitrogens with one attached hydrogen (secondary N) is 1. The molecule has 2 amide bonds. The number of piperidine rings is 1. The average Bonchev–Trinajstić information content (AvgIpc) is 3.53. The van der Waals surface area contributed by atoms with Gasteiger partial charge in [0.2, 0.25) is 5.91 Å². The second-order valence-corrected chi connectivity index (χ2v) is 9.94.